The number of aliphatic hydroxyl groups excluding tert-OH is 1. The van der Waals surface area contributed by atoms with E-state index in [-0.39, 0.29) is 107 Å². The van der Waals surface area contributed by atoms with Gasteiger partial charge in [-0.25, -0.2) is 33.5 Å². The van der Waals surface area contributed by atoms with Gasteiger partial charge in [-0.1, -0.05) is 61.1 Å². The first kappa shape index (κ1) is 75.7. The second kappa shape index (κ2) is 36.0. The molecule has 0 aliphatic heterocycles. The molecule has 96 heavy (non-hydrogen) atoms. The van der Waals surface area contributed by atoms with Crippen LogP contribution in [0.5, 0.6) is 5.75 Å². The number of hydrogen-bond acceptors (Lipinski definition) is 21. The lowest BCUT2D eigenvalue weighted by atomic mass is 10.0. The number of carboxylic acid groups (broad SMARTS) is 1. The highest BCUT2D eigenvalue weighted by atomic mass is 32.2. The number of quaternary nitrogens is 1. The number of nitrogens with two attached hydrogens (primary N) is 2. The van der Waals surface area contributed by atoms with Gasteiger partial charge in [0.25, 0.3) is 10.1 Å². The minimum atomic E-state index is -4.13. The molecule has 0 saturated heterocycles. The number of carboxylic acids is 1. The number of primary amides is 1. The van der Waals surface area contributed by atoms with E-state index in [0.29, 0.717) is 73.9 Å². The van der Waals surface area contributed by atoms with E-state index in [1.54, 1.807) is 43.0 Å². The lowest BCUT2D eigenvalue weighted by Crippen LogP contribution is -2.51. The number of nitrogens with zero attached hydrogens (tertiary/aromatic N) is 8. The normalized spacial score (nSPS) is 12.3. The number of para-hydroxylation sites is 1. The molecule has 0 fully saturated rings. The van der Waals surface area contributed by atoms with Crippen molar-refractivity contribution in [3.8, 4) is 29.9 Å². The second-order valence-corrected chi connectivity index (χ2v) is 27.2. The van der Waals surface area contributed by atoms with E-state index in [4.69, 9.17) is 32.1 Å². The van der Waals surface area contributed by atoms with Crippen molar-refractivity contribution >= 4 is 107 Å². The number of ether oxygens (including phenoxy) is 3. The maximum absolute atomic E-state index is 15.5. The molecule has 6 rings (SSSR count). The number of carbonyl (C=O) groups is 6. The molecule has 0 bridgehead atoms. The van der Waals surface area contributed by atoms with Gasteiger partial charge < -0.3 is 76.3 Å². The smallest absolute Gasteiger partial charge is 0.410 e. The number of anilines is 5. The highest BCUT2D eigenvalue weighted by Crippen LogP contribution is 2.35. The summed E-state index contributed by atoms with van der Waals surface area (Å²) in [5, 5.41) is 42.6. The summed E-state index contributed by atoms with van der Waals surface area (Å²) in [6.45, 7) is 5.64. The minimum Gasteiger partial charge on any atom is -0.491 e. The van der Waals surface area contributed by atoms with Gasteiger partial charge in [0.2, 0.25) is 11.8 Å². The van der Waals surface area contributed by atoms with Gasteiger partial charge in [-0.15, -0.1) is 28.0 Å². The number of thiazole rings is 2. The summed E-state index contributed by atoms with van der Waals surface area (Å²) >= 11 is 2.59. The number of aromatic nitrogens is 4. The minimum absolute atomic E-state index is 0.00482. The van der Waals surface area contributed by atoms with Crippen molar-refractivity contribution in [3.05, 3.63) is 105 Å². The number of terminal acetylenes is 1. The number of fused-ring (bicyclic) bond motifs is 1. The summed E-state index contributed by atoms with van der Waals surface area (Å²) < 4.78 is 65.1. The number of halogens is 1. The summed E-state index contributed by atoms with van der Waals surface area (Å²) in [6, 6.07) is 15.6. The Morgan fingerprint density at radius 1 is 0.896 bits per heavy atom. The number of amides is 6. The standard InChI is InChI=1S/C64H81FN14O14S3/c1-9-31-92-64(87)77(6)37-44-36-45(69-57(81)49(20-12-27-68-60(67)85)70-58(82)54(66)40(2)3)25-24-43(44)39-93-63(86)76(5)28-13-17-42-23-26-50(47(65)35-42)91-32-15-22-52-55(59(83)84)72-62(95-52)78(29-14-18-46(80)38-79(7,8)30-16-33-96(88,89)90)53-34-41(4)56(75-74-53)73-61-71-48-19-10-11-21-51(48)94-61/h1,10-11,19,21,23-26,34-36,40,46,49,54,80H,12,14-16,18,20,22,27-33,37-39,66H2,2-8H3,(H7-,67,68,69,70,71,73,75,81,82,83,84,85,88,89,90)/p+1/t46?,49-,54-/m0/s1. The van der Waals surface area contributed by atoms with Crippen LogP contribution in [0.15, 0.2) is 66.7 Å². The van der Waals surface area contributed by atoms with Crippen LogP contribution < -0.4 is 42.4 Å². The zero-order valence-corrected chi connectivity index (χ0v) is 56.9. The number of urea groups is 1. The second-order valence-electron chi connectivity index (χ2n) is 23.5. The van der Waals surface area contributed by atoms with Gasteiger partial charge in [-0.05, 0) is 117 Å². The third-order valence-electron chi connectivity index (χ3n) is 14.7. The third kappa shape index (κ3) is 24.2. The highest BCUT2D eigenvalue weighted by molar-refractivity contribution is 7.85. The Morgan fingerprint density at radius 3 is 2.33 bits per heavy atom. The van der Waals surface area contributed by atoms with Gasteiger partial charge in [0.15, 0.2) is 45.8 Å². The molecule has 0 radical (unpaired) electrons. The molecule has 3 aromatic carbocycles. The molecule has 32 heteroatoms. The number of likely N-dealkylation sites (N-methyl/N-ethyl adjacent to an activating group) is 1. The Balaban J connectivity index is 1.07. The van der Waals surface area contributed by atoms with Crippen molar-refractivity contribution in [3.63, 3.8) is 0 Å². The van der Waals surface area contributed by atoms with E-state index in [0.717, 1.165) is 21.6 Å². The highest BCUT2D eigenvalue weighted by Gasteiger charge is 2.28. The number of carbonyl (C=O) groups excluding carboxylic acids is 5. The van der Waals surface area contributed by atoms with Gasteiger partial charge in [-0.2, -0.15) is 8.42 Å². The van der Waals surface area contributed by atoms with Crippen LogP contribution in [0.25, 0.3) is 10.2 Å². The molecule has 516 valence electrons. The number of aryl methyl sites for hydroxylation is 2. The lowest BCUT2D eigenvalue weighted by molar-refractivity contribution is -0.893. The largest absolute Gasteiger partial charge is 0.491 e. The predicted molar refractivity (Wildman–Crippen MR) is 362 cm³/mol. The van der Waals surface area contributed by atoms with E-state index in [9.17, 15) is 52.0 Å². The van der Waals surface area contributed by atoms with Crippen molar-refractivity contribution in [1.29, 1.82) is 0 Å². The monoisotopic (exact) mass is 1390 g/mol. The molecular weight excluding hydrogens is 1300 g/mol. The van der Waals surface area contributed by atoms with Gasteiger partial charge in [0.05, 0.1) is 55.8 Å². The molecule has 1 unspecified atom stereocenters. The van der Waals surface area contributed by atoms with Crippen LogP contribution in [0, 0.1) is 42.8 Å². The summed E-state index contributed by atoms with van der Waals surface area (Å²) in [5.41, 5.74) is 14.0. The quantitative estimate of drug-likeness (QED) is 0.00859. The molecule has 3 heterocycles. The van der Waals surface area contributed by atoms with Crippen molar-refractivity contribution < 1.29 is 75.0 Å². The summed E-state index contributed by atoms with van der Waals surface area (Å²) in [6.07, 6.45) is 4.73. The molecule has 0 aliphatic rings. The fourth-order valence-corrected chi connectivity index (χ4v) is 12.1. The van der Waals surface area contributed by atoms with E-state index in [2.05, 4.69) is 59.2 Å². The Morgan fingerprint density at radius 2 is 1.65 bits per heavy atom. The molecule has 3 aromatic heterocycles. The number of rotatable bonds is 35. The molecule has 11 N–H and O–H groups in total. The van der Waals surface area contributed by atoms with E-state index in [1.165, 1.54) is 53.4 Å². The molecule has 0 aliphatic carbocycles. The molecular formula is C64H82FN14O14S3+. The molecule has 0 saturated carbocycles. The zero-order valence-electron chi connectivity index (χ0n) is 54.4. The fraction of sp³-hybridized carbons (Fsp3) is 0.438. The summed E-state index contributed by atoms with van der Waals surface area (Å²) in [4.78, 5) is 90.3. The maximum atomic E-state index is 15.5. The van der Waals surface area contributed by atoms with E-state index >= 15 is 4.39 Å². The zero-order chi connectivity index (χ0) is 70.3. The average Bonchev–Trinajstić information content (AvgIpc) is 1.61. The fourth-order valence-electron chi connectivity index (χ4n) is 9.56. The number of hydrogen-bond donors (Lipinski definition) is 9. The first-order valence-corrected chi connectivity index (χ1v) is 33.8. The van der Waals surface area contributed by atoms with E-state index < -0.39 is 75.9 Å². The van der Waals surface area contributed by atoms with Crippen molar-refractivity contribution in [2.75, 3.05) is 95.4 Å². The van der Waals surface area contributed by atoms with Gasteiger partial charge >= 0.3 is 24.2 Å². The van der Waals surface area contributed by atoms with Crippen molar-refractivity contribution in [2.24, 2.45) is 17.4 Å². The molecule has 6 aromatic rings. The lowest BCUT2D eigenvalue weighted by Gasteiger charge is -2.32. The van der Waals surface area contributed by atoms with Crippen LogP contribution in [0.2, 0.25) is 0 Å². The Kier molecular flexibility index (Phi) is 28.4. The van der Waals surface area contributed by atoms with Crippen LogP contribution in [-0.4, -0.2) is 192 Å². The van der Waals surface area contributed by atoms with Crippen LogP contribution in [0.1, 0.15) is 90.0 Å². The first-order chi connectivity index (χ1) is 45.5. The molecule has 3 atom stereocenters. The maximum Gasteiger partial charge on any atom is 0.410 e. The predicted octanol–water partition coefficient (Wildman–Crippen LogP) is 6.75. The van der Waals surface area contributed by atoms with Crippen molar-refractivity contribution in [2.45, 2.75) is 97.1 Å². The Labute approximate surface area is 564 Å². The van der Waals surface area contributed by atoms with Crippen LogP contribution in [0.4, 0.5) is 46.4 Å². The van der Waals surface area contributed by atoms with Gasteiger partial charge in [0, 0.05) is 56.3 Å². The van der Waals surface area contributed by atoms with Gasteiger partial charge in [-0.3, -0.25) is 14.1 Å². The third-order valence-corrected chi connectivity index (χ3v) is 17.6. The van der Waals surface area contributed by atoms with Crippen LogP contribution in [-0.2, 0) is 48.8 Å². The number of aromatic carboxylic acids is 1. The van der Waals surface area contributed by atoms with Crippen molar-refractivity contribution in [1.82, 2.24) is 40.6 Å². The molecule has 28 nitrogen and oxygen atoms in total. The Hall–Kier alpha value is -9.28. The summed E-state index contributed by atoms with van der Waals surface area (Å²) in [5.74, 6) is 4.87. The molecule has 6 amide bonds. The van der Waals surface area contributed by atoms with Crippen LogP contribution in [0.3, 0.4) is 0 Å². The number of benzene rings is 3. The molecule has 0 spiro atoms. The van der Waals surface area contributed by atoms with Gasteiger partial charge in [0.1, 0.15) is 25.3 Å². The SMILES string of the molecule is C#CCOC(=O)N(C)Cc1cc(NC(=O)[C@H](CCCNC(N)=O)NC(=O)[C@@H](N)C(C)C)ccc1COC(=O)N(C)CC#Cc1ccc(OCCCc2sc(N(CCCC(O)C[N+](C)(C)CCCS(=O)(=O)O)c3cc(C)c(Nc4nc5ccccc5s4)nn3)nc2C(=O)O)c(F)c1. The summed E-state index contributed by atoms with van der Waals surface area (Å²) in [7, 11) is 2.48. The number of aliphatic hydroxyl groups is 1. The first-order valence-electron chi connectivity index (χ1n) is 30.5. The Bertz CT molecular complexity index is 3900. The number of nitrogens with one attached hydrogen (secondary N) is 4. The average molecular weight is 1390 g/mol. The van der Waals surface area contributed by atoms with Crippen LogP contribution >= 0.6 is 22.7 Å². The topological polar surface area (TPSA) is 386 Å². The van der Waals surface area contributed by atoms with E-state index in [1.807, 2.05) is 45.3 Å².